The normalized spacial score (nSPS) is 37.6. The van der Waals surface area contributed by atoms with Gasteiger partial charge in [0.15, 0.2) is 0 Å². The molecule has 3 heteroatoms. The predicted molar refractivity (Wildman–Crippen MR) is 177 cm³/mol. The fraction of sp³-hybridized carbons (Fsp3) is 1.00. The van der Waals surface area contributed by atoms with Crippen LogP contribution in [0.15, 0.2) is 0 Å². The van der Waals surface area contributed by atoms with E-state index in [9.17, 15) is 0 Å². The molecule has 0 aromatic rings. The summed E-state index contributed by atoms with van der Waals surface area (Å²) in [6, 6.07) is 0. The average Bonchev–Trinajstić information content (AvgIpc) is 3.26. The summed E-state index contributed by atoms with van der Waals surface area (Å²) in [6.07, 6.45) is 19.1. The van der Waals surface area contributed by atoms with Gasteiger partial charge in [0.1, 0.15) is 0 Å². The van der Waals surface area contributed by atoms with Crippen molar-refractivity contribution in [3.63, 3.8) is 0 Å². The van der Waals surface area contributed by atoms with Crippen LogP contribution in [0.3, 0.4) is 0 Å². The third kappa shape index (κ3) is 8.72. The Hall–Kier alpha value is -0.120. The summed E-state index contributed by atoms with van der Waals surface area (Å²) in [5.41, 5.74) is 6.78. The summed E-state index contributed by atoms with van der Waals surface area (Å²) >= 11 is 0. The number of hydrogen-bond acceptors (Lipinski definition) is 3. The lowest BCUT2D eigenvalue weighted by atomic mass is 9.44. The van der Waals surface area contributed by atoms with E-state index in [1.165, 1.54) is 83.5 Å². The molecule has 9 atom stereocenters. The van der Waals surface area contributed by atoms with E-state index in [0.29, 0.717) is 23.5 Å². The highest BCUT2D eigenvalue weighted by molar-refractivity contribution is 5.09. The first-order chi connectivity index (χ1) is 18.6. The molecule has 0 heterocycles. The molecule has 4 aliphatic rings. The highest BCUT2D eigenvalue weighted by Gasteiger charge is 2.60. The van der Waals surface area contributed by atoms with Gasteiger partial charge in [-0.15, -0.1) is 0 Å². The van der Waals surface area contributed by atoms with Crippen molar-refractivity contribution in [3.8, 4) is 0 Å². The minimum absolute atomic E-state index is 0. The zero-order chi connectivity index (χ0) is 28.6. The van der Waals surface area contributed by atoms with Crippen molar-refractivity contribution in [3.05, 3.63) is 0 Å². The fourth-order valence-corrected chi connectivity index (χ4v) is 9.92. The molecule has 9 unspecified atom stereocenters. The number of nitrogens with one attached hydrogen (secondary N) is 1. The minimum Gasteiger partial charge on any atom is -0.377 e. The number of ether oxygens (including phenoxy) is 1. The second-order valence-corrected chi connectivity index (χ2v) is 15.8. The number of fused-ring (bicyclic) bond motifs is 5. The molecule has 3 N–H and O–H groups in total. The van der Waals surface area contributed by atoms with Gasteiger partial charge in [-0.1, -0.05) is 88.5 Å². The molecule has 238 valence electrons. The van der Waals surface area contributed by atoms with Crippen LogP contribution < -0.4 is 11.1 Å². The van der Waals surface area contributed by atoms with Crippen LogP contribution >= 0.6 is 0 Å². The molecule has 3 nitrogen and oxygen atoms in total. The van der Waals surface area contributed by atoms with E-state index in [4.69, 9.17) is 10.5 Å². The second kappa shape index (κ2) is 16.7. The summed E-state index contributed by atoms with van der Waals surface area (Å²) in [5, 5.41) is 3.38. The lowest BCUT2D eigenvalue weighted by Gasteiger charge is -2.61. The maximum atomic E-state index is 6.33. The summed E-state index contributed by atoms with van der Waals surface area (Å²) < 4.78 is 6.33. The molecule has 4 fully saturated rings. The van der Waals surface area contributed by atoms with Crippen molar-refractivity contribution < 1.29 is 4.74 Å². The van der Waals surface area contributed by atoms with Crippen LogP contribution in [0, 0.1) is 58.2 Å². The maximum Gasteiger partial charge on any atom is 0.0594 e. The van der Waals surface area contributed by atoms with Gasteiger partial charge in [-0.05, 0) is 116 Å². The zero-order valence-electron chi connectivity index (χ0n) is 27.7. The third-order valence-corrected chi connectivity index (χ3v) is 12.6. The lowest BCUT2D eigenvalue weighted by Crippen LogP contribution is -2.54. The monoisotopic (exact) mass is 563 g/mol. The molecule has 0 bridgehead atoms. The molecular weight excluding hydrogens is 488 g/mol. The van der Waals surface area contributed by atoms with Crippen LogP contribution in [0.25, 0.3) is 0 Å². The Kier molecular flexibility index (Phi) is 15.0. The van der Waals surface area contributed by atoms with Crippen LogP contribution in [0.2, 0.25) is 0 Å². The van der Waals surface area contributed by atoms with Crippen molar-refractivity contribution in [1.29, 1.82) is 0 Å². The zero-order valence-corrected chi connectivity index (χ0v) is 27.7. The summed E-state index contributed by atoms with van der Waals surface area (Å²) in [7, 11) is 0. The fourth-order valence-electron chi connectivity index (χ4n) is 9.92. The molecule has 0 spiro atoms. The molecule has 4 aliphatic carbocycles. The smallest absolute Gasteiger partial charge is 0.0594 e. The first-order valence-corrected chi connectivity index (χ1v) is 17.6. The first kappa shape index (κ1) is 36.1. The highest BCUT2D eigenvalue weighted by Crippen LogP contribution is 2.68. The van der Waals surface area contributed by atoms with E-state index in [1.54, 1.807) is 0 Å². The van der Waals surface area contributed by atoms with Gasteiger partial charge < -0.3 is 15.8 Å². The SMILES string of the molecule is C.CC(C)CCCC(C)C1CCC2C3CCC4CC(OCCNCCN)CCC4(C)C3CCC12C.CCC(C)C. The van der Waals surface area contributed by atoms with Crippen LogP contribution in [0.4, 0.5) is 0 Å². The Morgan fingerprint density at radius 1 is 0.825 bits per heavy atom. The Labute approximate surface area is 252 Å². The predicted octanol–water partition coefficient (Wildman–Crippen LogP) is 9.73. The van der Waals surface area contributed by atoms with Crippen LogP contribution in [-0.2, 0) is 4.74 Å². The summed E-state index contributed by atoms with van der Waals surface area (Å²) in [6.45, 7) is 22.9. The van der Waals surface area contributed by atoms with Gasteiger partial charge in [0.05, 0.1) is 12.7 Å². The number of nitrogens with two attached hydrogens (primary N) is 1. The maximum absolute atomic E-state index is 6.33. The van der Waals surface area contributed by atoms with E-state index in [1.807, 2.05) is 0 Å². The van der Waals surface area contributed by atoms with Gasteiger partial charge >= 0.3 is 0 Å². The van der Waals surface area contributed by atoms with Crippen molar-refractivity contribution >= 4 is 0 Å². The molecule has 0 aromatic carbocycles. The molecule has 0 radical (unpaired) electrons. The number of rotatable bonds is 12. The first-order valence-electron chi connectivity index (χ1n) is 17.6. The van der Waals surface area contributed by atoms with Crippen molar-refractivity contribution in [1.82, 2.24) is 5.32 Å². The van der Waals surface area contributed by atoms with Gasteiger partial charge in [0.25, 0.3) is 0 Å². The Morgan fingerprint density at radius 3 is 2.15 bits per heavy atom. The van der Waals surface area contributed by atoms with Gasteiger partial charge in [-0.25, -0.2) is 0 Å². The number of hydrogen-bond donors (Lipinski definition) is 2. The molecule has 0 aliphatic heterocycles. The quantitative estimate of drug-likeness (QED) is 0.233. The molecule has 40 heavy (non-hydrogen) atoms. The third-order valence-electron chi connectivity index (χ3n) is 12.6. The van der Waals surface area contributed by atoms with E-state index in [2.05, 4.69) is 60.7 Å². The molecule has 0 saturated heterocycles. The van der Waals surface area contributed by atoms with Gasteiger partial charge in [-0.3, -0.25) is 0 Å². The van der Waals surface area contributed by atoms with Crippen molar-refractivity contribution in [2.24, 2.45) is 63.9 Å². The minimum atomic E-state index is 0. The van der Waals surface area contributed by atoms with Crippen molar-refractivity contribution in [2.75, 3.05) is 26.2 Å². The molecule has 0 amide bonds. The van der Waals surface area contributed by atoms with Crippen molar-refractivity contribution in [2.45, 2.75) is 152 Å². The van der Waals surface area contributed by atoms with Gasteiger partial charge in [0, 0.05) is 19.6 Å². The van der Waals surface area contributed by atoms with Gasteiger partial charge in [-0.2, -0.15) is 0 Å². The van der Waals surface area contributed by atoms with Crippen LogP contribution in [0.5, 0.6) is 0 Å². The van der Waals surface area contributed by atoms with Crippen LogP contribution in [-0.4, -0.2) is 32.3 Å². The summed E-state index contributed by atoms with van der Waals surface area (Å²) in [5.74, 6) is 7.52. The Morgan fingerprint density at radius 2 is 1.50 bits per heavy atom. The summed E-state index contributed by atoms with van der Waals surface area (Å²) in [4.78, 5) is 0. The van der Waals surface area contributed by atoms with E-state index in [0.717, 1.165) is 67.0 Å². The average molecular weight is 563 g/mol. The van der Waals surface area contributed by atoms with E-state index in [-0.39, 0.29) is 7.43 Å². The highest BCUT2D eigenvalue weighted by atomic mass is 16.5. The Balaban J connectivity index is 0.000000858. The molecule has 4 rings (SSSR count). The van der Waals surface area contributed by atoms with E-state index >= 15 is 0 Å². The van der Waals surface area contributed by atoms with Gasteiger partial charge in [0.2, 0.25) is 0 Å². The second-order valence-electron chi connectivity index (χ2n) is 15.8. The molecular formula is C37H74N2O. The molecule has 0 aromatic heterocycles. The van der Waals surface area contributed by atoms with Crippen LogP contribution in [0.1, 0.15) is 146 Å². The largest absolute Gasteiger partial charge is 0.377 e. The standard InChI is InChI=1S/C31H58N2O.C5H12.CH4/c1-22(2)7-6-8-23(3)27-11-12-28-26-10-9-24-21-25(34-20-19-33-18-17-32)13-15-30(24,4)29(26)14-16-31(27,28)5;1-4-5(2)3;/h22-29,33H,6-21,32H2,1-5H3;5H,4H2,1-3H3;1H4. The van der Waals surface area contributed by atoms with E-state index < -0.39 is 0 Å². The topological polar surface area (TPSA) is 47.3 Å². The lowest BCUT2D eigenvalue weighted by molar-refractivity contribution is -0.136. The Bertz CT molecular complexity index is 694. The molecule has 4 saturated carbocycles.